The Morgan fingerprint density at radius 1 is 1.20 bits per heavy atom. The number of benzene rings is 1. The molecule has 226 valence electrons. The second-order valence-electron chi connectivity index (χ2n) is 12.0. The summed E-state index contributed by atoms with van der Waals surface area (Å²) in [5.41, 5.74) is 0.674. The second-order valence-corrected chi connectivity index (χ2v) is 12.4. The Kier molecular flexibility index (Phi) is 10.9. The van der Waals surface area contributed by atoms with Crippen LogP contribution in [0.3, 0.4) is 0 Å². The third kappa shape index (κ3) is 9.07. The summed E-state index contributed by atoms with van der Waals surface area (Å²) < 4.78 is 26.1. The number of hydrogen-bond donors (Lipinski definition) is 2. The van der Waals surface area contributed by atoms with Crippen molar-refractivity contribution in [3.63, 3.8) is 0 Å². The van der Waals surface area contributed by atoms with Crippen LogP contribution < -0.4 is 21.1 Å². The molecule has 0 spiro atoms. The molecule has 2 N–H and O–H groups in total. The number of nitrogens with zero attached hydrogens (tertiary/aromatic N) is 3. The molecule has 11 heteroatoms. The van der Waals surface area contributed by atoms with E-state index in [0.717, 1.165) is 50.8 Å². The van der Waals surface area contributed by atoms with Gasteiger partial charge in [0.15, 0.2) is 0 Å². The number of amides is 1. The van der Waals surface area contributed by atoms with Crippen molar-refractivity contribution in [2.75, 3.05) is 43.1 Å². The maximum Gasteiger partial charge on any atom is 0.407 e. The number of carbonyl (C=O) groups is 1. The molecule has 2 aliphatic rings. The summed E-state index contributed by atoms with van der Waals surface area (Å²) in [7, 11) is 0. The Bertz CT molecular complexity index is 1190. The van der Waals surface area contributed by atoms with E-state index in [1.807, 2.05) is 20.8 Å². The zero-order valence-electron chi connectivity index (χ0n) is 24.3. The second kappa shape index (κ2) is 14.4. The minimum Gasteiger partial charge on any atom is -0.444 e. The van der Waals surface area contributed by atoms with E-state index >= 15 is 0 Å². The molecule has 1 aromatic heterocycles. The molecule has 1 saturated heterocycles. The molecule has 2 fully saturated rings. The van der Waals surface area contributed by atoms with Crippen molar-refractivity contribution in [2.24, 2.45) is 5.92 Å². The number of rotatable bonds is 10. The van der Waals surface area contributed by atoms with Crippen LogP contribution in [-0.2, 0) is 9.47 Å². The van der Waals surface area contributed by atoms with Crippen molar-refractivity contribution >= 4 is 29.1 Å². The monoisotopic (exact) mass is 591 g/mol. The van der Waals surface area contributed by atoms with Gasteiger partial charge in [-0.3, -0.25) is 4.79 Å². The number of halogens is 2. The van der Waals surface area contributed by atoms with Crippen molar-refractivity contribution in [3.8, 4) is 0 Å². The van der Waals surface area contributed by atoms with E-state index in [0.29, 0.717) is 44.3 Å². The molecule has 0 unspecified atom stereocenters. The van der Waals surface area contributed by atoms with Gasteiger partial charge >= 0.3 is 6.09 Å². The minimum absolute atomic E-state index is 0.0408. The maximum absolute atomic E-state index is 13.7. The Hall–Kier alpha value is -2.85. The van der Waals surface area contributed by atoms with Crippen LogP contribution >= 0.6 is 11.6 Å². The molecule has 1 amide bonds. The van der Waals surface area contributed by atoms with Crippen LogP contribution in [0.25, 0.3) is 0 Å². The summed E-state index contributed by atoms with van der Waals surface area (Å²) in [6, 6.07) is 6.69. The van der Waals surface area contributed by atoms with Crippen LogP contribution in [-0.4, -0.2) is 60.4 Å². The van der Waals surface area contributed by atoms with Crippen LogP contribution in [0.2, 0.25) is 5.02 Å². The summed E-state index contributed by atoms with van der Waals surface area (Å²) in [5, 5.41) is 10.8. The van der Waals surface area contributed by atoms with Crippen molar-refractivity contribution < 1.29 is 18.7 Å². The average molecular weight is 592 g/mol. The van der Waals surface area contributed by atoms with Crippen molar-refractivity contribution in [1.82, 2.24) is 15.1 Å². The fourth-order valence-electron chi connectivity index (χ4n) is 5.57. The van der Waals surface area contributed by atoms with E-state index in [4.69, 9.17) is 21.1 Å². The van der Waals surface area contributed by atoms with Gasteiger partial charge in [-0.2, -0.15) is 5.10 Å². The normalized spacial score (nSPS) is 21.2. The zero-order chi connectivity index (χ0) is 29.4. The van der Waals surface area contributed by atoms with Gasteiger partial charge < -0.3 is 25.0 Å². The van der Waals surface area contributed by atoms with E-state index in [-0.39, 0.29) is 28.5 Å². The van der Waals surface area contributed by atoms with E-state index in [9.17, 15) is 14.0 Å². The van der Waals surface area contributed by atoms with E-state index < -0.39 is 11.7 Å². The minimum atomic E-state index is -0.550. The summed E-state index contributed by atoms with van der Waals surface area (Å²) >= 11 is 6.49. The predicted octanol–water partition coefficient (Wildman–Crippen LogP) is 5.78. The Morgan fingerprint density at radius 2 is 1.93 bits per heavy atom. The fraction of sp³-hybridized carbons (Fsp3) is 0.633. The highest BCUT2D eigenvalue weighted by molar-refractivity contribution is 6.32. The molecule has 1 saturated carbocycles. The Labute approximate surface area is 246 Å². The topological polar surface area (TPSA) is 97.7 Å². The van der Waals surface area contributed by atoms with Gasteiger partial charge in [-0.15, -0.1) is 0 Å². The predicted molar refractivity (Wildman–Crippen MR) is 159 cm³/mol. The molecule has 1 aromatic carbocycles. The van der Waals surface area contributed by atoms with Crippen molar-refractivity contribution in [2.45, 2.75) is 83.4 Å². The van der Waals surface area contributed by atoms with Gasteiger partial charge in [0.05, 0.1) is 24.5 Å². The maximum atomic E-state index is 13.7. The van der Waals surface area contributed by atoms with Gasteiger partial charge in [-0.25, -0.2) is 13.9 Å². The van der Waals surface area contributed by atoms with Gasteiger partial charge in [-0.1, -0.05) is 11.6 Å². The number of alkyl carbamates (subject to hydrolysis) is 1. The highest BCUT2D eigenvalue weighted by atomic mass is 35.5. The Morgan fingerprint density at radius 3 is 2.59 bits per heavy atom. The summed E-state index contributed by atoms with van der Waals surface area (Å²) in [6.07, 6.45) is 7.28. The van der Waals surface area contributed by atoms with Crippen molar-refractivity contribution in [1.29, 1.82) is 0 Å². The van der Waals surface area contributed by atoms with Gasteiger partial charge in [0, 0.05) is 38.0 Å². The van der Waals surface area contributed by atoms with Crippen LogP contribution in [0.15, 0.2) is 35.3 Å². The first-order valence-electron chi connectivity index (χ1n) is 14.7. The average Bonchev–Trinajstić information content (AvgIpc) is 2.94. The van der Waals surface area contributed by atoms with Gasteiger partial charge in [0.2, 0.25) is 0 Å². The largest absolute Gasteiger partial charge is 0.444 e. The summed E-state index contributed by atoms with van der Waals surface area (Å²) in [5.74, 6) is 0.117. The molecular weight excluding hydrogens is 549 g/mol. The van der Waals surface area contributed by atoms with Crippen molar-refractivity contribution in [3.05, 3.63) is 51.7 Å². The molecular formula is C30H43ClFN5O4. The lowest BCUT2D eigenvalue weighted by atomic mass is 9.89. The lowest BCUT2D eigenvalue weighted by Crippen LogP contribution is -2.42. The third-order valence-electron chi connectivity index (χ3n) is 7.63. The van der Waals surface area contributed by atoms with Gasteiger partial charge in [-0.05, 0) is 95.9 Å². The first-order valence-corrected chi connectivity index (χ1v) is 15.1. The van der Waals surface area contributed by atoms with Crippen LogP contribution in [0, 0.1) is 11.7 Å². The first kappa shape index (κ1) is 31.1. The number of ether oxygens (including phenoxy) is 2. The zero-order valence-corrected chi connectivity index (χ0v) is 25.1. The lowest BCUT2D eigenvalue weighted by Gasteiger charge is -2.38. The van der Waals surface area contributed by atoms with Crippen LogP contribution in [0.4, 0.5) is 20.6 Å². The number of carbonyl (C=O) groups excluding carboxylic acids is 1. The highest BCUT2D eigenvalue weighted by Gasteiger charge is 2.29. The SMILES string of the molecule is CC(C)(C)OC(=O)NCCCN(c1ccc(F)cc1)[C@H]1CC[C@H](n2ncc(NC[C@@H]3CCCOC3)c(Cl)c2=O)CC1. The number of nitrogens with one attached hydrogen (secondary N) is 2. The van der Waals surface area contributed by atoms with Gasteiger partial charge in [0.25, 0.3) is 5.56 Å². The quantitative estimate of drug-likeness (QED) is 0.338. The molecule has 0 radical (unpaired) electrons. The van der Waals surface area contributed by atoms with Gasteiger partial charge in [0.1, 0.15) is 16.4 Å². The van der Waals surface area contributed by atoms with E-state index in [1.54, 1.807) is 18.3 Å². The van der Waals surface area contributed by atoms with E-state index in [2.05, 4.69) is 20.6 Å². The smallest absolute Gasteiger partial charge is 0.407 e. The molecule has 41 heavy (non-hydrogen) atoms. The molecule has 2 aromatic rings. The van der Waals surface area contributed by atoms with E-state index in [1.165, 1.54) is 16.8 Å². The highest BCUT2D eigenvalue weighted by Crippen LogP contribution is 2.33. The molecule has 9 nitrogen and oxygen atoms in total. The lowest BCUT2D eigenvalue weighted by molar-refractivity contribution is 0.0527. The molecule has 4 rings (SSSR count). The molecule has 1 aliphatic heterocycles. The summed E-state index contributed by atoms with van der Waals surface area (Å²) in [6.45, 7) is 8.86. The van der Waals surface area contributed by atoms with Crippen LogP contribution in [0.1, 0.15) is 71.8 Å². The fourth-order valence-corrected chi connectivity index (χ4v) is 5.78. The number of hydrogen-bond acceptors (Lipinski definition) is 7. The Balaban J connectivity index is 1.35. The number of anilines is 2. The first-order chi connectivity index (χ1) is 19.6. The molecule has 0 bridgehead atoms. The molecule has 2 heterocycles. The third-order valence-corrected chi connectivity index (χ3v) is 8.00. The number of aromatic nitrogens is 2. The summed E-state index contributed by atoms with van der Waals surface area (Å²) in [4.78, 5) is 27.4. The van der Waals surface area contributed by atoms with Crippen LogP contribution in [0.5, 0.6) is 0 Å². The molecule has 1 aliphatic carbocycles. The molecule has 1 atom stereocenters. The standard InChI is InChI=1S/C30H43ClFN5O4/c1-30(2,3)41-29(39)33-15-5-16-36(23-9-7-22(32)8-10-23)24-11-13-25(14-12-24)37-28(38)27(31)26(19-35-37)34-18-21-6-4-17-40-20-21/h7-10,19,21,24-25,34H,4-6,11-18,20H2,1-3H3,(H,33,39)/t21-,24-,25-/m0/s1.